The summed E-state index contributed by atoms with van der Waals surface area (Å²) < 4.78 is 40.4. The molecule has 1 aromatic carbocycles. The topological polar surface area (TPSA) is 53.6 Å². The lowest BCUT2D eigenvalue weighted by Crippen LogP contribution is -2.36. The zero-order valence-electron chi connectivity index (χ0n) is 13.5. The van der Waals surface area contributed by atoms with Gasteiger partial charge in [-0.3, -0.25) is 4.79 Å². The molecule has 1 amide bonds. The molecule has 2 rings (SSSR count). The van der Waals surface area contributed by atoms with Gasteiger partial charge in [-0.25, -0.2) is 0 Å². The van der Waals surface area contributed by atoms with Crippen molar-refractivity contribution in [1.82, 2.24) is 4.90 Å². The summed E-state index contributed by atoms with van der Waals surface area (Å²) >= 11 is 0. The van der Waals surface area contributed by atoms with Crippen molar-refractivity contribution in [3.8, 4) is 0 Å². The van der Waals surface area contributed by atoms with Crippen molar-refractivity contribution in [2.45, 2.75) is 25.1 Å². The Labute approximate surface area is 139 Å². The average molecular weight is 345 g/mol. The van der Waals surface area contributed by atoms with Crippen LogP contribution >= 0.6 is 0 Å². The molecule has 1 aromatic rings. The van der Waals surface area contributed by atoms with Gasteiger partial charge in [0.15, 0.2) is 0 Å². The van der Waals surface area contributed by atoms with E-state index in [-0.39, 0.29) is 0 Å². The Morgan fingerprint density at radius 3 is 2.50 bits per heavy atom. The Bertz CT molecular complexity index is 544. The van der Waals surface area contributed by atoms with Crippen molar-refractivity contribution in [2.75, 3.05) is 44.0 Å². The Balaban J connectivity index is 1.87. The summed E-state index contributed by atoms with van der Waals surface area (Å²) in [4.78, 5) is 14.0. The monoisotopic (exact) mass is 345 g/mol. The highest BCUT2D eigenvalue weighted by molar-refractivity contribution is 5.95. The summed E-state index contributed by atoms with van der Waals surface area (Å²) in [7, 11) is 2.07. The van der Waals surface area contributed by atoms with E-state index in [0.717, 1.165) is 31.6 Å². The molecule has 1 saturated heterocycles. The van der Waals surface area contributed by atoms with E-state index in [9.17, 15) is 18.0 Å². The van der Waals surface area contributed by atoms with Crippen LogP contribution in [-0.4, -0.2) is 56.4 Å². The van der Waals surface area contributed by atoms with Crippen molar-refractivity contribution in [3.63, 3.8) is 0 Å². The summed E-state index contributed by atoms with van der Waals surface area (Å²) in [5.41, 5.74) is 1.30. The van der Waals surface area contributed by atoms with Crippen molar-refractivity contribution in [1.29, 1.82) is 0 Å². The van der Waals surface area contributed by atoms with E-state index in [1.54, 1.807) is 12.1 Å². The molecule has 0 aliphatic carbocycles. The lowest BCUT2D eigenvalue weighted by molar-refractivity contribution is -0.174. The number of anilines is 2. The zero-order chi connectivity index (χ0) is 17.6. The maximum absolute atomic E-state index is 12.0. The van der Waals surface area contributed by atoms with E-state index < -0.39 is 25.3 Å². The molecule has 8 heteroatoms. The van der Waals surface area contributed by atoms with Gasteiger partial charge in [0.1, 0.15) is 13.2 Å². The number of nitrogens with one attached hydrogen (secondary N) is 2. The molecule has 2 N–H and O–H groups in total. The van der Waals surface area contributed by atoms with Crippen LogP contribution in [-0.2, 0) is 9.53 Å². The third-order valence-electron chi connectivity index (χ3n) is 3.78. The van der Waals surface area contributed by atoms with Crippen LogP contribution in [0.1, 0.15) is 12.8 Å². The third-order valence-corrected chi connectivity index (χ3v) is 3.78. The van der Waals surface area contributed by atoms with Crippen LogP contribution in [0, 0.1) is 0 Å². The second-order valence-electron chi connectivity index (χ2n) is 5.92. The molecule has 5 nitrogen and oxygen atoms in total. The Kier molecular flexibility index (Phi) is 6.44. The number of hydrogen-bond donors (Lipinski definition) is 2. The van der Waals surface area contributed by atoms with Gasteiger partial charge in [-0.2, -0.15) is 13.2 Å². The highest BCUT2D eigenvalue weighted by atomic mass is 19.4. The smallest absolute Gasteiger partial charge is 0.381 e. The number of likely N-dealkylation sites (tertiary alicyclic amines) is 1. The van der Waals surface area contributed by atoms with Crippen molar-refractivity contribution in [2.24, 2.45) is 0 Å². The number of carbonyl (C=O) groups is 1. The van der Waals surface area contributed by atoms with Gasteiger partial charge in [0, 0.05) is 6.04 Å². The molecule has 0 atom stereocenters. The van der Waals surface area contributed by atoms with Gasteiger partial charge < -0.3 is 20.3 Å². The van der Waals surface area contributed by atoms with Gasteiger partial charge in [0.05, 0.1) is 11.4 Å². The highest BCUT2D eigenvalue weighted by Crippen LogP contribution is 2.24. The number of hydrogen-bond acceptors (Lipinski definition) is 4. The van der Waals surface area contributed by atoms with Crippen molar-refractivity contribution in [3.05, 3.63) is 24.3 Å². The van der Waals surface area contributed by atoms with E-state index in [1.807, 2.05) is 12.1 Å². The summed E-state index contributed by atoms with van der Waals surface area (Å²) in [5, 5.41) is 5.98. The van der Waals surface area contributed by atoms with Gasteiger partial charge in [-0.1, -0.05) is 12.1 Å². The predicted octanol–water partition coefficient (Wildman–Crippen LogP) is 2.71. The summed E-state index contributed by atoms with van der Waals surface area (Å²) in [6.45, 7) is -0.0765. The second kappa shape index (κ2) is 8.34. The van der Waals surface area contributed by atoms with Crippen LogP contribution in [0.3, 0.4) is 0 Å². The first-order valence-electron chi connectivity index (χ1n) is 7.82. The molecule has 24 heavy (non-hydrogen) atoms. The maximum Gasteiger partial charge on any atom is 0.411 e. The Morgan fingerprint density at radius 1 is 1.25 bits per heavy atom. The molecule has 1 fully saturated rings. The molecule has 1 aliphatic rings. The maximum atomic E-state index is 12.0. The zero-order valence-corrected chi connectivity index (χ0v) is 13.5. The lowest BCUT2D eigenvalue weighted by Gasteiger charge is -2.30. The number of halogens is 3. The van der Waals surface area contributed by atoms with E-state index in [4.69, 9.17) is 0 Å². The van der Waals surface area contributed by atoms with Gasteiger partial charge in [-0.15, -0.1) is 0 Å². The summed E-state index contributed by atoms with van der Waals surface area (Å²) in [6, 6.07) is 7.45. The van der Waals surface area contributed by atoms with E-state index in [1.165, 1.54) is 0 Å². The minimum atomic E-state index is -4.44. The van der Waals surface area contributed by atoms with Gasteiger partial charge in [-0.05, 0) is 45.1 Å². The molecule has 134 valence electrons. The molecule has 0 bridgehead atoms. The van der Waals surface area contributed by atoms with E-state index >= 15 is 0 Å². The third kappa shape index (κ3) is 6.37. The molecule has 0 spiro atoms. The van der Waals surface area contributed by atoms with Crippen LogP contribution in [0.4, 0.5) is 24.5 Å². The Hall–Kier alpha value is -1.80. The van der Waals surface area contributed by atoms with Gasteiger partial charge in [0.25, 0.3) is 0 Å². The number of alkyl halides is 3. The van der Waals surface area contributed by atoms with E-state index in [2.05, 4.69) is 27.3 Å². The average Bonchev–Trinajstić information content (AvgIpc) is 2.50. The number of piperidine rings is 1. The first kappa shape index (κ1) is 18.5. The molecule has 0 radical (unpaired) electrons. The first-order valence-corrected chi connectivity index (χ1v) is 7.82. The van der Waals surface area contributed by atoms with Crippen molar-refractivity contribution < 1.29 is 22.7 Å². The molecule has 0 saturated carbocycles. The minimum absolute atomic E-state index is 0.306. The van der Waals surface area contributed by atoms with Crippen molar-refractivity contribution >= 4 is 17.3 Å². The number of para-hydroxylation sites is 2. The molecule has 1 heterocycles. The SMILES string of the molecule is CN1CCC(Nc2ccccc2NC(=O)COCC(F)(F)F)CC1. The molecule has 0 unspecified atom stereocenters. The minimum Gasteiger partial charge on any atom is -0.381 e. The molecule has 0 aromatic heterocycles. The number of ether oxygens (including phenoxy) is 1. The number of nitrogens with zero attached hydrogens (tertiary/aromatic N) is 1. The Morgan fingerprint density at radius 2 is 1.88 bits per heavy atom. The molecular weight excluding hydrogens is 323 g/mol. The van der Waals surface area contributed by atoms with Crippen LogP contribution in [0.25, 0.3) is 0 Å². The quantitative estimate of drug-likeness (QED) is 0.832. The molecule has 1 aliphatic heterocycles. The fourth-order valence-corrected chi connectivity index (χ4v) is 2.54. The summed E-state index contributed by atoms with van der Waals surface area (Å²) in [5.74, 6) is -0.614. The fraction of sp³-hybridized carbons (Fsp3) is 0.562. The number of carbonyl (C=O) groups excluding carboxylic acids is 1. The van der Waals surface area contributed by atoms with Gasteiger partial charge >= 0.3 is 6.18 Å². The number of rotatable bonds is 6. The van der Waals surface area contributed by atoms with Crippen LogP contribution in [0.5, 0.6) is 0 Å². The number of benzene rings is 1. The van der Waals surface area contributed by atoms with E-state index in [0.29, 0.717) is 11.7 Å². The van der Waals surface area contributed by atoms with Gasteiger partial charge in [0.2, 0.25) is 5.91 Å². The van der Waals surface area contributed by atoms with Crippen LogP contribution < -0.4 is 10.6 Å². The molecular formula is C16H22F3N3O2. The normalized spacial score (nSPS) is 16.8. The summed E-state index contributed by atoms with van der Waals surface area (Å²) in [6.07, 6.45) is -2.45. The predicted molar refractivity (Wildman–Crippen MR) is 86.1 cm³/mol. The second-order valence-corrected chi connectivity index (χ2v) is 5.92. The first-order chi connectivity index (χ1) is 11.3. The van der Waals surface area contributed by atoms with Crippen LogP contribution in [0.2, 0.25) is 0 Å². The lowest BCUT2D eigenvalue weighted by atomic mass is 10.0. The van der Waals surface area contributed by atoms with Crippen LogP contribution in [0.15, 0.2) is 24.3 Å². The largest absolute Gasteiger partial charge is 0.411 e. The number of amides is 1. The fourth-order valence-electron chi connectivity index (χ4n) is 2.54. The highest BCUT2D eigenvalue weighted by Gasteiger charge is 2.27. The standard InChI is InChI=1S/C16H22F3N3O2/c1-22-8-6-12(7-9-22)20-13-4-2-3-5-14(13)21-15(23)10-24-11-16(17,18)19/h2-5,12,20H,6-11H2,1H3,(H,21,23).